The summed E-state index contributed by atoms with van der Waals surface area (Å²) in [5, 5.41) is 0. The smallest absolute Gasteiger partial charge is 0.293 e. The molecule has 0 atom stereocenters. The van der Waals surface area contributed by atoms with Crippen molar-refractivity contribution in [3.05, 3.63) is 40.1 Å². The standard InChI is InChI=1S/C10H14N2OS/c1-8-7-9(2)12(10(13)11-8)5-3-4-6-14/h3-4,7,14H,5-6H2,1-2H3. The molecule has 0 bridgehead atoms. The van der Waals surface area contributed by atoms with Crippen molar-refractivity contribution in [1.82, 2.24) is 9.55 Å². The van der Waals surface area contributed by atoms with E-state index in [4.69, 9.17) is 0 Å². The van der Waals surface area contributed by atoms with Crippen LogP contribution in [0.2, 0.25) is 0 Å². The molecule has 0 fully saturated rings. The van der Waals surface area contributed by atoms with Gasteiger partial charge in [-0.1, -0.05) is 12.2 Å². The summed E-state index contributed by atoms with van der Waals surface area (Å²) >= 11 is 4.05. The molecule has 0 radical (unpaired) electrons. The van der Waals surface area contributed by atoms with Crippen LogP contribution in [0.15, 0.2) is 23.0 Å². The molecule has 0 unspecified atom stereocenters. The van der Waals surface area contributed by atoms with Gasteiger partial charge in [-0.2, -0.15) is 17.6 Å². The number of thiol groups is 1. The van der Waals surface area contributed by atoms with Crippen molar-refractivity contribution in [2.24, 2.45) is 0 Å². The van der Waals surface area contributed by atoms with Crippen LogP contribution >= 0.6 is 12.6 Å². The molecular formula is C10H14N2OS. The number of allylic oxidation sites excluding steroid dienone is 1. The average Bonchev–Trinajstić information content (AvgIpc) is 2.09. The Morgan fingerprint density at radius 1 is 1.50 bits per heavy atom. The van der Waals surface area contributed by atoms with Crippen molar-refractivity contribution in [3.63, 3.8) is 0 Å². The molecule has 0 N–H and O–H groups in total. The highest BCUT2D eigenvalue weighted by Crippen LogP contribution is 1.96. The van der Waals surface area contributed by atoms with E-state index in [1.54, 1.807) is 4.57 Å². The molecule has 3 nitrogen and oxygen atoms in total. The zero-order chi connectivity index (χ0) is 10.6. The largest absolute Gasteiger partial charge is 0.348 e. The molecule has 0 aliphatic rings. The van der Waals surface area contributed by atoms with Crippen LogP contribution in [0.5, 0.6) is 0 Å². The third kappa shape index (κ3) is 2.73. The van der Waals surface area contributed by atoms with E-state index in [0.29, 0.717) is 12.3 Å². The van der Waals surface area contributed by atoms with Crippen molar-refractivity contribution in [2.45, 2.75) is 20.4 Å². The average molecular weight is 210 g/mol. The van der Waals surface area contributed by atoms with E-state index in [1.807, 2.05) is 32.1 Å². The molecule has 0 amide bonds. The minimum Gasteiger partial charge on any atom is -0.293 e. The Morgan fingerprint density at radius 3 is 2.79 bits per heavy atom. The molecule has 1 aromatic heterocycles. The Labute approximate surface area is 88.9 Å². The maximum atomic E-state index is 11.5. The number of rotatable bonds is 3. The van der Waals surface area contributed by atoms with Crippen molar-refractivity contribution >= 4 is 12.6 Å². The Balaban J connectivity index is 2.97. The van der Waals surface area contributed by atoms with Crippen LogP contribution in [0.1, 0.15) is 11.4 Å². The molecule has 0 saturated heterocycles. The lowest BCUT2D eigenvalue weighted by Gasteiger charge is -2.06. The first-order chi connectivity index (χ1) is 6.65. The van der Waals surface area contributed by atoms with Gasteiger partial charge in [0.1, 0.15) is 0 Å². The van der Waals surface area contributed by atoms with Gasteiger partial charge in [0.05, 0.1) is 0 Å². The van der Waals surface area contributed by atoms with Crippen LogP contribution in [-0.4, -0.2) is 15.3 Å². The lowest BCUT2D eigenvalue weighted by Crippen LogP contribution is -2.25. The Kier molecular flexibility index (Phi) is 3.95. The van der Waals surface area contributed by atoms with Crippen LogP contribution in [0.4, 0.5) is 0 Å². The van der Waals surface area contributed by atoms with Crippen LogP contribution in [0, 0.1) is 13.8 Å². The van der Waals surface area contributed by atoms with Crippen molar-refractivity contribution in [2.75, 3.05) is 5.75 Å². The van der Waals surface area contributed by atoms with Gasteiger partial charge in [-0.3, -0.25) is 4.57 Å². The van der Waals surface area contributed by atoms with Crippen molar-refractivity contribution in [3.8, 4) is 0 Å². The maximum absolute atomic E-state index is 11.5. The summed E-state index contributed by atoms with van der Waals surface area (Å²) in [5.41, 5.74) is 1.51. The third-order valence-corrected chi connectivity index (χ3v) is 2.12. The number of nitrogens with zero attached hydrogens (tertiary/aromatic N) is 2. The molecule has 1 heterocycles. The first kappa shape index (κ1) is 11.0. The van der Waals surface area contributed by atoms with E-state index < -0.39 is 0 Å². The molecule has 14 heavy (non-hydrogen) atoms. The fraction of sp³-hybridized carbons (Fsp3) is 0.400. The van der Waals surface area contributed by atoms with Gasteiger partial charge in [-0.25, -0.2) is 4.79 Å². The summed E-state index contributed by atoms with van der Waals surface area (Å²) in [6.07, 6.45) is 3.83. The molecule has 0 spiro atoms. The van der Waals surface area contributed by atoms with Gasteiger partial charge in [0.2, 0.25) is 0 Å². The molecule has 1 aromatic rings. The molecule has 0 aliphatic heterocycles. The first-order valence-electron chi connectivity index (χ1n) is 4.46. The molecule has 0 aliphatic carbocycles. The third-order valence-electron chi connectivity index (χ3n) is 1.91. The number of hydrogen-bond acceptors (Lipinski definition) is 3. The summed E-state index contributed by atoms with van der Waals surface area (Å²) in [4.78, 5) is 15.3. The number of aromatic nitrogens is 2. The highest BCUT2D eigenvalue weighted by atomic mass is 32.1. The van der Waals surface area contributed by atoms with E-state index in [2.05, 4.69) is 17.6 Å². The summed E-state index contributed by atoms with van der Waals surface area (Å²) in [6.45, 7) is 4.30. The molecule has 76 valence electrons. The van der Waals surface area contributed by atoms with Crippen molar-refractivity contribution in [1.29, 1.82) is 0 Å². The fourth-order valence-corrected chi connectivity index (χ4v) is 1.40. The lowest BCUT2D eigenvalue weighted by atomic mass is 10.3. The molecule has 0 aromatic carbocycles. The van der Waals surface area contributed by atoms with Crippen LogP contribution in [-0.2, 0) is 6.54 Å². The second kappa shape index (κ2) is 5.00. The van der Waals surface area contributed by atoms with E-state index in [0.717, 1.165) is 11.4 Å². The topological polar surface area (TPSA) is 34.9 Å². The minimum absolute atomic E-state index is 0.189. The van der Waals surface area contributed by atoms with E-state index in [1.165, 1.54) is 0 Å². The molecule has 4 heteroatoms. The molecule has 0 saturated carbocycles. The van der Waals surface area contributed by atoms with Crippen LogP contribution in [0.3, 0.4) is 0 Å². The summed E-state index contributed by atoms with van der Waals surface area (Å²) < 4.78 is 1.63. The SMILES string of the molecule is Cc1cc(C)n(CC=CCS)c(=O)n1. The second-order valence-corrected chi connectivity index (χ2v) is 3.45. The van der Waals surface area contributed by atoms with E-state index in [9.17, 15) is 4.79 Å². The van der Waals surface area contributed by atoms with Gasteiger partial charge in [0.25, 0.3) is 0 Å². The minimum atomic E-state index is -0.189. The fourth-order valence-electron chi connectivity index (χ4n) is 1.25. The molecule has 1 rings (SSSR count). The number of aryl methyl sites for hydroxylation is 2. The van der Waals surface area contributed by atoms with Gasteiger partial charge in [-0.05, 0) is 19.9 Å². The van der Waals surface area contributed by atoms with Crippen molar-refractivity contribution < 1.29 is 0 Å². The lowest BCUT2D eigenvalue weighted by molar-refractivity contribution is 0.707. The summed E-state index contributed by atoms with van der Waals surface area (Å²) in [7, 11) is 0. The van der Waals surface area contributed by atoms with Gasteiger partial charge in [0.15, 0.2) is 0 Å². The summed E-state index contributed by atoms with van der Waals surface area (Å²) in [5.74, 6) is 0.688. The Hall–Kier alpha value is -1.03. The zero-order valence-electron chi connectivity index (χ0n) is 8.40. The summed E-state index contributed by atoms with van der Waals surface area (Å²) in [6, 6.07) is 1.90. The predicted molar refractivity (Wildman–Crippen MR) is 61.0 cm³/mol. The predicted octanol–water partition coefficient (Wildman–Crippen LogP) is 1.35. The zero-order valence-corrected chi connectivity index (χ0v) is 9.29. The highest BCUT2D eigenvalue weighted by Gasteiger charge is 1.99. The normalized spacial score (nSPS) is 11.1. The van der Waals surface area contributed by atoms with Gasteiger partial charge in [-0.15, -0.1) is 0 Å². The van der Waals surface area contributed by atoms with Gasteiger partial charge < -0.3 is 0 Å². The Bertz CT molecular complexity index is 396. The quantitative estimate of drug-likeness (QED) is 0.603. The first-order valence-corrected chi connectivity index (χ1v) is 5.09. The van der Waals surface area contributed by atoms with Crippen LogP contribution < -0.4 is 5.69 Å². The maximum Gasteiger partial charge on any atom is 0.348 e. The van der Waals surface area contributed by atoms with E-state index in [-0.39, 0.29) is 5.69 Å². The Morgan fingerprint density at radius 2 is 2.21 bits per heavy atom. The highest BCUT2D eigenvalue weighted by molar-refractivity contribution is 7.80. The van der Waals surface area contributed by atoms with Gasteiger partial charge in [0, 0.05) is 23.7 Å². The number of hydrogen-bond donors (Lipinski definition) is 1. The van der Waals surface area contributed by atoms with E-state index >= 15 is 0 Å². The second-order valence-electron chi connectivity index (χ2n) is 3.09. The monoisotopic (exact) mass is 210 g/mol. The van der Waals surface area contributed by atoms with Gasteiger partial charge >= 0.3 is 5.69 Å². The molecular weight excluding hydrogens is 196 g/mol. The van der Waals surface area contributed by atoms with Crippen LogP contribution in [0.25, 0.3) is 0 Å².